The summed E-state index contributed by atoms with van der Waals surface area (Å²) in [5, 5.41) is 0. The second-order valence-corrected chi connectivity index (χ2v) is 7.20. The number of likely N-dealkylation sites (tertiary alicyclic amines) is 1. The molecule has 0 aliphatic carbocycles. The van der Waals surface area contributed by atoms with Gasteiger partial charge in [0.2, 0.25) is 0 Å². The van der Waals surface area contributed by atoms with Crippen LogP contribution in [0.2, 0.25) is 0 Å². The highest BCUT2D eigenvalue weighted by Crippen LogP contribution is 2.35. The van der Waals surface area contributed by atoms with Crippen LogP contribution in [0.5, 0.6) is 0 Å². The van der Waals surface area contributed by atoms with Crippen LogP contribution in [0, 0.1) is 0 Å². The lowest BCUT2D eigenvalue weighted by molar-refractivity contribution is -0.137. The number of carbonyl (C=O) groups excluding carboxylic acids is 1. The summed E-state index contributed by atoms with van der Waals surface area (Å²) in [5.41, 5.74) is 4.61. The molecule has 1 heterocycles. The minimum Gasteiger partial charge on any atom is -0.444 e. The summed E-state index contributed by atoms with van der Waals surface area (Å²) in [4.78, 5) is 13.6. The van der Waals surface area contributed by atoms with Gasteiger partial charge < -0.3 is 15.4 Å². The Hall–Kier alpha value is -1.76. The largest absolute Gasteiger partial charge is 0.444 e. The molecule has 24 heavy (non-hydrogen) atoms. The lowest BCUT2D eigenvalue weighted by Crippen LogP contribution is -2.50. The Morgan fingerprint density at radius 1 is 1.21 bits per heavy atom. The van der Waals surface area contributed by atoms with Crippen molar-refractivity contribution in [2.45, 2.75) is 50.9 Å². The van der Waals surface area contributed by atoms with Gasteiger partial charge in [0.05, 0.1) is 5.56 Å². The quantitative estimate of drug-likeness (QED) is 0.841. The number of amides is 1. The van der Waals surface area contributed by atoms with Crippen LogP contribution in [-0.4, -0.2) is 29.7 Å². The number of benzene rings is 1. The van der Waals surface area contributed by atoms with Crippen LogP contribution in [0.15, 0.2) is 24.3 Å². The summed E-state index contributed by atoms with van der Waals surface area (Å²) in [5.74, 6) is 0. The lowest BCUT2D eigenvalue weighted by Gasteiger charge is -2.40. The third kappa shape index (κ3) is 4.41. The summed E-state index contributed by atoms with van der Waals surface area (Å²) in [6.45, 7) is 6.05. The smallest absolute Gasteiger partial charge is 0.416 e. The molecule has 2 rings (SSSR count). The third-order valence-corrected chi connectivity index (χ3v) is 4.07. The maximum atomic E-state index is 12.9. The van der Waals surface area contributed by atoms with E-state index in [0.717, 1.165) is 12.1 Å². The van der Waals surface area contributed by atoms with E-state index in [1.165, 1.54) is 6.07 Å². The zero-order chi connectivity index (χ0) is 18.2. The van der Waals surface area contributed by atoms with Crippen LogP contribution < -0.4 is 5.73 Å². The van der Waals surface area contributed by atoms with Gasteiger partial charge in [0.25, 0.3) is 0 Å². The maximum absolute atomic E-state index is 12.9. The SMILES string of the molecule is CC(C)(C)OC(=O)N1CCC(N)(c2cccc(C(F)(F)F)c2)CC1. The molecular weight excluding hydrogens is 321 g/mol. The highest BCUT2D eigenvalue weighted by atomic mass is 19.4. The van der Waals surface area contributed by atoms with Crippen molar-refractivity contribution in [3.8, 4) is 0 Å². The zero-order valence-electron chi connectivity index (χ0n) is 14.1. The predicted octanol–water partition coefficient (Wildman–Crippen LogP) is 3.89. The van der Waals surface area contributed by atoms with Gasteiger partial charge in [-0.05, 0) is 51.3 Å². The molecule has 1 saturated heterocycles. The van der Waals surface area contributed by atoms with E-state index < -0.39 is 29.0 Å². The van der Waals surface area contributed by atoms with Crippen LogP contribution in [0.4, 0.5) is 18.0 Å². The molecule has 134 valence electrons. The van der Waals surface area contributed by atoms with E-state index in [9.17, 15) is 18.0 Å². The molecule has 1 aromatic carbocycles. The molecule has 2 N–H and O–H groups in total. The van der Waals surface area contributed by atoms with Gasteiger partial charge in [-0.1, -0.05) is 12.1 Å². The number of carbonyl (C=O) groups is 1. The fourth-order valence-electron chi connectivity index (χ4n) is 2.71. The van der Waals surface area contributed by atoms with E-state index >= 15 is 0 Å². The first-order valence-corrected chi connectivity index (χ1v) is 7.85. The lowest BCUT2D eigenvalue weighted by atomic mass is 9.81. The number of hydrogen-bond acceptors (Lipinski definition) is 3. The van der Waals surface area contributed by atoms with Crippen molar-refractivity contribution >= 4 is 6.09 Å². The summed E-state index contributed by atoms with van der Waals surface area (Å²) >= 11 is 0. The van der Waals surface area contributed by atoms with Crippen LogP contribution >= 0.6 is 0 Å². The molecule has 0 spiro atoms. The van der Waals surface area contributed by atoms with Crippen molar-refractivity contribution in [1.82, 2.24) is 4.90 Å². The highest BCUT2D eigenvalue weighted by molar-refractivity contribution is 5.68. The molecule has 1 amide bonds. The van der Waals surface area contributed by atoms with Crippen molar-refractivity contribution < 1.29 is 22.7 Å². The Bertz CT molecular complexity index is 601. The normalized spacial score (nSPS) is 18.4. The van der Waals surface area contributed by atoms with Gasteiger partial charge in [-0.25, -0.2) is 4.79 Å². The average molecular weight is 344 g/mol. The summed E-state index contributed by atoms with van der Waals surface area (Å²) in [6.07, 6.45) is -4.06. The Balaban J connectivity index is 2.09. The predicted molar refractivity (Wildman–Crippen MR) is 84.4 cm³/mol. The van der Waals surface area contributed by atoms with Crippen LogP contribution in [0.25, 0.3) is 0 Å². The monoisotopic (exact) mass is 344 g/mol. The number of rotatable bonds is 1. The second-order valence-electron chi connectivity index (χ2n) is 7.20. The standard InChI is InChI=1S/C17H23F3N2O2/c1-15(2,3)24-14(23)22-9-7-16(21,8-10-22)12-5-4-6-13(11-12)17(18,19)20/h4-6,11H,7-10,21H2,1-3H3. The molecule has 7 heteroatoms. The van der Waals surface area contributed by atoms with E-state index in [2.05, 4.69) is 0 Å². The first-order chi connectivity index (χ1) is 10.9. The van der Waals surface area contributed by atoms with Crippen molar-refractivity contribution in [3.63, 3.8) is 0 Å². The Morgan fingerprint density at radius 3 is 2.29 bits per heavy atom. The molecule has 1 aromatic rings. The number of hydrogen-bond donors (Lipinski definition) is 1. The minimum absolute atomic E-state index is 0.349. The number of nitrogens with zero attached hydrogens (tertiary/aromatic N) is 1. The number of alkyl halides is 3. The fourth-order valence-corrected chi connectivity index (χ4v) is 2.71. The van der Waals surface area contributed by atoms with Crippen molar-refractivity contribution in [1.29, 1.82) is 0 Å². The summed E-state index contributed by atoms with van der Waals surface area (Å²) in [6, 6.07) is 5.11. The van der Waals surface area contributed by atoms with Gasteiger partial charge in [-0.2, -0.15) is 13.2 Å². The Kier molecular flexibility index (Phi) is 4.86. The molecule has 0 aromatic heterocycles. The van der Waals surface area contributed by atoms with Crippen molar-refractivity contribution in [3.05, 3.63) is 35.4 Å². The minimum atomic E-state index is -4.40. The van der Waals surface area contributed by atoms with Gasteiger partial charge in [0.1, 0.15) is 5.60 Å². The molecule has 0 unspecified atom stereocenters. The fraction of sp³-hybridized carbons (Fsp3) is 0.588. The third-order valence-electron chi connectivity index (χ3n) is 4.07. The van der Waals surface area contributed by atoms with Crippen LogP contribution in [0.3, 0.4) is 0 Å². The van der Waals surface area contributed by atoms with E-state index in [4.69, 9.17) is 10.5 Å². The van der Waals surface area contributed by atoms with E-state index in [-0.39, 0.29) is 0 Å². The summed E-state index contributed by atoms with van der Waals surface area (Å²) in [7, 11) is 0. The molecule has 0 bridgehead atoms. The molecule has 0 saturated carbocycles. The summed E-state index contributed by atoms with van der Waals surface area (Å²) < 4.78 is 43.9. The van der Waals surface area contributed by atoms with Crippen molar-refractivity contribution in [2.24, 2.45) is 5.73 Å². The van der Waals surface area contributed by atoms with Gasteiger partial charge in [-0.3, -0.25) is 0 Å². The number of piperidine rings is 1. The molecule has 0 atom stereocenters. The van der Waals surface area contributed by atoms with Gasteiger partial charge in [0.15, 0.2) is 0 Å². The van der Waals surface area contributed by atoms with E-state index in [1.807, 2.05) is 0 Å². The highest BCUT2D eigenvalue weighted by Gasteiger charge is 2.37. The first kappa shape index (κ1) is 18.6. The molecule has 1 aliphatic heterocycles. The molecule has 0 radical (unpaired) electrons. The zero-order valence-corrected chi connectivity index (χ0v) is 14.1. The Morgan fingerprint density at radius 2 is 1.79 bits per heavy atom. The van der Waals surface area contributed by atoms with Gasteiger partial charge in [0, 0.05) is 18.6 Å². The number of ether oxygens (including phenoxy) is 1. The van der Waals surface area contributed by atoms with Gasteiger partial charge in [-0.15, -0.1) is 0 Å². The van der Waals surface area contributed by atoms with Crippen molar-refractivity contribution in [2.75, 3.05) is 13.1 Å². The number of halogens is 3. The second kappa shape index (κ2) is 6.27. The first-order valence-electron chi connectivity index (χ1n) is 7.85. The molecular formula is C17H23F3N2O2. The maximum Gasteiger partial charge on any atom is 0.416 e. The molecule has 1 fully saturated rings. The number of nitrogens with two attached hydrogens (primary N) is 1. The van der Waals surface area contributed by atoms with E-state index in [0.29, 0.717) is 31.5 Å². The van der Waals surface area contributed by atoms with Gasteiger partial charge >= 0.3 is 12.3 Å². The average Bonchev–Trinajstić information content (AvgIpc) is 2.45. The molecule has 1 aliphatic rings. The van der Waals surface area contributed by atoms with E-state index in [1.54, 1.807) is 31.7 Å². The van der Waals surface area contributed by atoms with Crippen LogP contribution in [0.1, 0.15) is 44.7 Å². The van der Waals surface area contributed by atoms with Crippen LogP contribution in [-0.2, 0) is 16.5 Å². The Labute approximate surface area is 139 Å². The molecule has 4 nitrogen and oxygen atoms in total. The topological polar surface area (TPSA) is 55.6 Å².